The van der Waals surface area contributed by atoms with Crippen molar-refractivity contribution in [3.8, 4) is 6.07 Å². The summed E-state index contributed by atoms with van der Waals surface area (Å²) in [6, 6.07) is 2.15. The zero-order valence-electron chi connectivity index (χ0n) is 11.4. The molecular weight excluding hydrogens is 262 g/mol. The molecule has 1 atom stereocenters. The van der Waals surface area contributed by atoms with Gasteiger partial charge in [0.15, 0.2) is 0 Å². The van der Waals surface area contributed by atoms with E-state index in [0.29, 0.717) is 17.1 Å². The van der Waals surface area contributed by atoms with E-state index in [-0.39, 0.29) is 17.8 Å². The molecule has 0 saturated heterocycles. The number of carbonyl (C=O) groups is 1. The topological polar surface area (TPSA) is 92.1 Å². The van der Waals surface area contributed by atoms with Crippen molar-refractivity contribution in [2.75, 3.05) is 16.8 Å². The molecule has 0 bridgehead atoms. The Morgan fingerprint density at radius 3 is 2.84 bits per heavy atom. The highest BCUT2D eigenvalue weighted by atomic mass is 32.2. The lowest BCUT2D eigenvalue weighted by Gasteiger charge is -2.07. The van der Waals surface area contributed by atoms with Crippen LogP contribution in [0.4, 0.5) is 5.88 Å². The van der Waals surface area contributed by atoms with Crippen LogP contribution in [0.3, 0.4) is 0 Å². The molecule has 0 radical (unpaired) electrons. The van der Waals surface area contributed by atoms with Gasteiger partial charge in [0, 0.05) is 17.4 Å². The van der Waals surface area contributed by atoms with Gasteiger partial charge >= 0.3 is 0 Å². The Labute approximate surface area is 117 Å². The maximum Gasteiger partial charge on any atom is 0.236 e. The second-order valence-corrected chi connectivity index (χ2v) is 5.36. The first-order valence-electron chi connectivity index (χ1n) is 6.12. The van der Waals surface area contributed by atoms with Gasteiger partial charge in [-0.25, -0.2) is 0 Å². The second kappa shape index (κ2) is 7.22. The predicted octanol–water partition coefficient (Wildman–Crippen LogP) is 2.18. The molecule has 104 valence electrons. The Hall–Kier alpha value is -1.45. The van der Waals surface area contributed by atoms with E-state index in [1.54, 1.807) is 13.8 Å². The molecule has 5 nitrogen and oxygen atoms in total. The minimum absolute atomic E-state index is 0.112. The minimum atomic E-state index is -0.182. The highest BCUT2D eigenvalue weighted by molar-refractivity contribution is 8.00. The first kappa shape index (κ1) is 15.6. The van der Waals surface area contributed by atoms with Gasteiger partial charge < -0.3 is 10.2 Å². The Bertz CT molecular complexity index is 491. The van der Waals surface area contributed by atoms with E-state index in [9.17, 15) is 4.79 Å². The number of nitrogens with zero attached hydrogens (tertiary/aromatic N) is 1. The zero-order chi connectivity index (χ0) is 14.4. The largest absolute Gasteiger partial charge is 0.444 e. The van der Waals surface area contributed by atoms with Crippen molar-refractivity contribution < 1.29 is 9.21 Å². The number of carbonyl (C=O) groups excluding carboxylic acids is 1. The molecular formula is C13H19N3O2S. The summed E-state index contributed by atoms with van der Waals surface area (Å²) in [5, 5.41) is 11.6. The summed E-state index contributed by atoms with van der Waals surface area (Å²) in [6.45, 7) is 5.57. The molecule has 1 amide bonds. The van der Waals surface area contributed by atoms with Crippen LogP contribution >= 0.6 is 11.8 Å². The lowest BCUT2D eigenvalue weighted by Crippen LogP contribution is -2.23. The molecule has 1 rings (SSSR count). The number of thioether (sulfide) groups is 1. The van der Waals surface area contributed by atoms with E-state index in [4.69, 9.17) is 15.4 Å². The third kappa shape index (κ3) is 4.30. The molecule has 1 unspecified atom stereocenters. The van der Waals surface area contributed by atoms with E-state index in [1.165, 1.54) is 11.8 Å². The Balaban J connectivity index is 2.54. The van der Waals surface area contributed by atoms with Crippen molar-refractivity contribution in [1.82, 2.24) is 0 Å². The molecule has 1 aromatic rings. The normalized spacial score (nSPS) is 11.9. The molecule has 6 heteroatoms. The molecule has 0 spiro atoms. The summed E-state index contributed by atoms with van der Waals surface area (Å²) < 4.78 is 5.37. The highest BCUT2D eigenvalue weighted by Gasteiger charge is 2.16. The zero-order valence-corrected chi connectivity index (χ0v) is 12.3. The summed E-state index contributed by atoms with van der Waals surface area (Å²) in [5.41, 5.74) is 6.92. The van der Waals surface area contributed by atoms with Crippen LogP contribution in [-0.4, -0.2) is 23.5 Å². The van der Waals surface area contributed by atoms with Crippen molar-refractivity contribution in [3.05, 3.63) is 16.9 Å². The van der Waals surface area contributed by atoms with Gasteiger partial charge in [-0.3, -0.25) is 10.1 Å². The van der Waals surface area contributed by atoms with Crippen LogP contribution in [0.5, 0.6) is 0 Å². The monoisotopic (exact) mass is 281 g/mol. The number of rotatable bonds is 6. The van der Waals surface area contributed by atoms with Gasteiger partial charge in [-0.1, -0.05) is 6.92 Å². The first-order chi connectivity index (χ1) is 8.99. The Kier molecular flexibility index (Phi) is 5.93. The predicted molar refractivity (Wildman–Crippen MR) is 77.1 cm³/mol. The maximum atomic E-state index is 11.7. The van der Waals surface area contributed by atoms with E-state index >= 15 is 0 Å². The lowest BCUT2D eigenvalue weighted by molar-refractivity contribution is -0.113. The van der Waals surface area contributed by atoms with Gasteiger partial charge in [0.1, 0.15) is 17.4 Å². The number of nitriles is 1. The van der Waals surface area contributed by atoms with Gasteiger partial charge in [-0.05, 0) is 20.3 Å². The van der Waals surface area contributed by atoms with E-state index in [2.05, 4.69) is 5.32 Å². The van der Waals surface area contributed by atoms with Crippen LogP contribution in [0.2, 0.25) is 0 Å². The fraction of sp³-hybridized carbons (Fsp3) is 0.538. The van der Waals surface area contributed by atoms with Crippen LogP contribution in [0.15, 0.2) is 4.42 Å². The minimum Gasteiger partial charge on any atom is -0.444 e. The van der Waals surface area contributed by atoms with Crippen molar-refractivity contribution in [3.63, 3.8) is 0 Å². The quantitative estimate of drug-likeness (QED) is 0.833. The Morgan fingerprint density at radius 1 is 1.58 bits per heavy atom. The number of furan rings is 1. The average Bonchev–Trinajstić information content (AvgIpc) is 2.64. The number of nitrogens with two attached hydrogens (primary N) is 1. The highest BCUT2D eigenvalue weighted by Crippen LogP contribution is 2.25. The summed E-state index contributed by atoms with van der Waals surface area (Å²) in [4.78, 5) is 11.7. The lowest BCUT2D eigenvalue weighted by atomic mass is 10.2. The first-order valence-corrected chi connectivity index (χ1v) is 7.28. The molecule has 1 heterocycles. The van der Waals surface area contributed by atoms with Crippen molar-refractivity contribution in [2.45, 2.75) is 33.2 Å². The molecule has 0 saturated carbocycles. The molecule has 19 heavy (non-hydrogen) atoms. The number of aryl methyl sites for hydroxylation is 1. The molecule has 0 aromatic carbocycles. The van der Waals surface area contributed by atoms with Crippen LogP contribution < -0.4 is 11.1 Å². The van der Waals surface area contributed by atoms with Gasteiger partial charge in [-0.15, -0.1) is 0 Å². The third-order valence-electron chi connectivity index (χ3n) is 2.84. The van der Waals surface area contributed by atoms with E-state index in [1.807, 2.05) is 13.0 Å². The number of nitrogens with one attached hydrogen (secondary N) is 1. The van der Waals surface area contributed by atoms with Crippen molar-refractivity contribution in [2.24, 2.45) is 5.73 Å². The van der Waals surface area contributed by atoms with Crippen LogP contribution in [-0.2, 0) is 4.79 Å². The van der Waals surface area contributed by atoms with Crippen molar-refractivity contribution in [1.29, 1.82) is 5.26 Å². The summed E-state index contributed by atoms with van der Waals surface area (Å²) in [6.07, 6.45) is 0.893. The molecule has 1 aromatic heterocycles. The van der Waals surface area contributed by atoms with Crippen molar-refractivity contribution >= 4 is 23.6 Å². The SMILES string of the molecule is CCC(N)CSCC(=O)Nc1oc(C)c(C)c1C#N. The summed E-state index contributed by atoms with van der Waals surface area (Å²) in [7, 11) is 0. The molecule has 0 aliphatic rings. The van der Waals surface area contributed by atoms with Gasteiger partial charge in [0.2, 0.25) is 11.8 Å². The average molecular weight is 281 g/mol. The van der Waals surface area contributed by atoms with Gasteiger partial charge in [0.25, 0.3) is 0 Å². The molecule has 3 N–H and O–H groups in total. The standard InChI is InChI=1S/C13H19N3O2S/c1-4-10(15)6-19-7-12(17)16-13-11(5-14)8(2)9(3)18-13/h10H,4,6-7,15H2,1-3H3,(H,16,17). The fourth-order valence-electron chi connectivity index (χ4n) is 1.43. The number of hydrogen-bond acceptors (Lipinski definition) is 5. The molecule has 0 fully saturated rings. The van der Waals surface area contributed by atoms with Gasteiger partial charge in [-0.2, -0.15) is 17.0 Å². The van der Waals surface area contributed by atoms with Crippen LogP contribution in [0, 0.1) is 25.2 Å². The molecule has 0 aliphatic carbocycles. The molecule has 0 aliphatic heterocycles. The number of anilines is 1. The second-order valence-electron chi connectivity index (χ2n) is 4.33. The fourth-order valence-corrected chi connectivity index (χ4v) is 2.35. The number of hydrogen-bond donors (Lipinski definition) is 2. The summed E-state index contributed by atoms with van der Waals surface area (Å²) in [5.74, 6) is 1.75. The maximum absolute atomic E-state index is 11.7. The smallest absolute Gasteiger partial charge is 0.236 e. The van der Waals surface area contributed by atoms with Gasteiger partial charge in [0.05, 0.1) is 5.75 Å². The number of amides is 1. The summed E-state index contributed by atoms with van der Waals surface area (Å²) >= 11 is 1.48. The Morgan fingerprint density at radius 2 is 2.26 bits per heavy atom. The van der Waals surface area contributed by atoms with E-state index in [0.717, 1.165) is 17.7 Å². The third-order valence-corrected chi connectivity index (χ3v) is 3.97. The van der Waals surface area contributed by atoms with Crippen LogP contribution in [0.25, 0.3) is 0 Å². The van der Waals surface area contributed by atoms with E-state index < -0.39 is 0 Å². The van der Waals surface area contributed by atoms with Crippen LogP contribution in [0.1, 0.15) is 30.2 Å².